The van der Waals surface area contributed by atoms with Crippen LogP contribution in [-0.2, 0) is 7.05 Å². The molecule has 2 aromatic heterocycles. The topological polar surface area (TPSA) is 76.2 Å². The van der Waals surface area contributed by atoms with Crippen molar-refractivity contribution in [3.05, 3.63) is 29.9 Å². The Morgan fingerprint density at radius 3 is 2.70 bits per heavy atom. The van der Waals surface area contributed by atoms with Crippen molar-refractivity contribution in [3.8, 4) is 0 Å². The van der Waals surface area contributed by atoms with Gasteiger partial charge in [-0.3, -0.25) is 4.79 Å². The summed E-state index contributed by atoms with van der Waals surface area (Å²) in [5.74, 6) is 1.79. The van der Waals surface area contributed by atoms with Crippen LogP contribution in [0.4, 0.5) is 5.95 Å². The lowest BCUT2D eigenvalue weighted by molar-refractivity contribution is 0.0921. The van der Waals surface area contributed by atoms with Gasteiger partial charge in [-0.1, -0.05) is 19.0 Å². The van der Waals surface area contributed by atoms with Gasteiger partial charge in [0.15, 0.2) is 5.69 Å². The zero-order valence-corrected chi connectivity index (χ0v) is 13.8. The molecule has 23 heavy (non-hydrogen) atoms. The molecule has 0 saturated carbocycles. The number of aromatic nitrogens is 3. The Labute approximate surface area is 135 Å². The van der Waals surface area contributed by atoms with Crippen molar-refractivity contribution in [1.29, 1.82) is 0 Å². The van der Waals surface area contributed by atoms with E-state index >= 15 is 0 Å². The molecule has 0 aliphatic carbocycles. The van der Waals surface area contributed by atoms with Crippen LogP contribution in [0.5, 0.6) is 0 Å². The van der Waals surface area contributed by atoms with E-state index in [9.17, 15) is 4.79 Å². The molecule has 0 aromatic carbocycles. The summed E-state index contributed by atoms with van der Waals surface area (Å²) < 4.78 is 7.20. The lowest BCUT2D eigenvalue weighted by Gasteiger charge is -2.32. The third-order valence-corrected chi connectivity index (χ3v) is 4.24. The van der Waals surface area contributed by atoms with E-state index in [0.717, 1.165) is 37.6 Å². The van der Waals surface area contributed by atoms with Crippen LogP contribution >= 0.6 is 0 Å². The zero-order chi connectivity index (χ0) is 16.4. The SMILES string of the molecule is CC(C)c1cc(C(=O)NC2CCN(c3nccn3C)CC2)no1. The molecule has 0 spiro atoms. The molecule has 124 valence electrons. The van der Waals surface area contributed by atoms with Gasteiger partial charge in [0, 0.05) is 50.6 Å². The Bertz CT molecular complexity index is 668. The average Bonchev–Trinajstić information content (AvgIpc) is 3.17. The number of carbonyl (C=O) groups excluding carboxylic acids is 1. The Balaban J connectivity index is 1.54. The van der Waals surface area contributed by atoms with Crippen LogP contribution in [0, 0.1) is 0 Å². The maximum absolute atomic E-state index is 12.2. The molecule has 7 nitrogen and oxygen atoms in total. The van der Waals surface area contributed by atoms with E-state index in [4.69, 9.17) is 4.52 Å². The van der Waals surface area contributed by atoms with Gasteiger partial charge in [0.1, 0.15) is 5.76 Å². The first-order valence-electron chi connectivity index (χ1n) is 8.04. The minimum absolute atomic E-state index is 0.156. The maximum atomic E-state index is 12.2. The largest absolute Gasteiger partial charge is 0.360 e. The minimum Gasteiger partial charge on any atom is -0.360 e. The maximum Gasteiger partial charge on any atom is 0.273 e. The van der Waals surface area contributed by atoms with Crippen LogP contribution in [-0.4, -0.2) is 39.7 Å². The van der Waals surface area contributed by atoms with Gasteiger partial charge in [0.25, 0.3) is 5.91 Å². The molecule has 1 saturated heterocycles. The van der Waals surface area contributed by atoms with Gasteiger partial charge < -0.3 is 19.3 Å². The van der Waals surface area contributed by atoms with Gasteiger partial charge in [-0.2, -0.15) is 0 Å². The van der Waals surface area contributed by atoms with E-state index in [1.165, 1.54) is 0 Å². The third-order valence-electron chi connectivity index (χ3n) is 4.24. The number of amides is 1. The van der Waals surface area contributed by atoms with Gasteiger partial charge in [-0.05, 0) is 12.8 Å². The number of nitrogens with zero attached hydrogens (tertiary/aromatic N) is 4. The summed E-state index contributed by atoms with van der Waals surface area (Å²) in [4.78, 5) is 18.9. The first-order chi connectivity index (χ1) is 11.0. The summed E-state index contributed by atoms with van der Waals surface area (Å²) in [6.45, 7) is 5.78. The smallest absolute Gasteiger partial charge is 0.273 e. The Morgan fingerprint density at radius 2 is 2.13 bits per heavy atom. The molecule has 2 aromatic rings. The minimum atomic E-state index is -0.156. The summed E-state index contributed by atoms with van der Waals surface area (Å²) in [6, 6.07) is 1.89. The summed E-state index contributed by atoms with van der Waals surface area (Å²) in [5, 5.41) is 6.91. The predicted octanol–water partition coefficient (Wildman–Crippen LogP) is 1.93. The second kappa shape index (κ2) is 6.44. The fourth-order valence-electron chi connectivity index (χ4n) is 2.81. The number of imidazole rings is 1. The fraction of sp³-hybridized carbons (Fsp3) is 0.562. The monoisotopic (exact) mass is 317 g/mol. The molecular formula is C16H23N5O2. The summed E-state index contributed by atoms with van der Waals surface area (Å²) in [7, 11) is 1.99. The van der Waals surface area contributed by atoms with Gasteiger partial charge in [0.2, 0.25) is 5.95 Å². The molecule has 1 N–H and O–H groups in total. The van der Waals surface area contributed by atoms with Crippen LogP contribution in [0.1, 0.15) is 48.9 Å². The molecule has 1 aliphatic rings. The lowest BCUT2D eigenvalue weighted by atomic mass is 10.1. The average molecular weight is 317 g/mol. The van der Waals surface area contributed by atoms with Gasteiger partial charge >= 0.3 is 0 Å². The highest BCUT2D eigenvalue weighted by atomic mass is 16.5. The number of nitrogens with one attached hydrogen (secondary N) is 1. The highest BCUT2D eigenvalue weighted by Crippen LogP contribution is 2.18. The van der Waals surface area contributed by atoms with E-state index in [0.29, 0.717) is 5.69 Å². The molecule has 7 heteroatoms. The molecule has 1 aliphatic heterocycles. The van der Waals surface area contributed by atoms with E-state index in [1.807, 2.05) is 31.7 Å². The van der Waals surface area contributed by atoms with Crippen LogP contribution < -0.4 is 10.2 Å². The van der Waals surface area contributed by atoms with E-state index in [1.54, 1.807) is 12.3 Å². The number of rotatable bonds is 4. The number of anilines is 1. The molecule has 0 radical (unpaired) electrons. The molecule has 0 unspecified atom stereocenters. The Kier molecular flexibility index (Phi) is 4.36. The molecule has 3 heterocycles. The Hall–Kier alpha value is -2.31. The number of hydrogen-bond donors (Lipinski definition) is 1. The molecule has 0 bridgehead atoms. The first-order valence-corrected chi connectivity index (χ1v) is 8.04. The summed E-state index contributed by atoms with van der Waals surface area (Å²) in [6.07, 6.45) is 5.54. The second-order valence-corrected chi connectivity index (χ2v) is 6.34. The third kappa shape index (κ3) is 3.38. The van der Waals surface area contributed by atoms with Crippen molar-refractivity contribution in [2.24, 2.45) is 7.05 Å². The number of hydrogen-bond acceptors (Lipinski definition) is 5. The van der Waals surface area contributed by atoms with Crippen molar-refractivity contribution in [2.75, 3.05) is 18.0 Å². The van der Waals surface area contributed by atoms with Gasteiger partial charge in [-0.25, -0.2) is 4.98 Å². The first kappa shape index (κ1) is 15.6. The van der Waals surface area contributed by atoms with Crippen LogP contribution in [0.2, 0.25) is 0 Å². The van der Waals surface area contributed by atoms with Crippen molar-refractivity contribution < 1.29 is 9.32 Å². The van der Waals surface area contributed by atoms with Crippen LogP contribution in [0.15, 0.2) is 23.0 Å². The van der Waals surface area contributed by atoms with Crippen molar-refractivity contribution >= 4 is 11.9 Å². The fourth-order valence-corrected chi connectivity index (χ4v) is 2.81. The summed E-state index contributed by atoms with van der Waals surface area (Å²) in [5.41, 5.74) is 0.361. The second-order valence-electron chi connectivity index (χ2n) is 6.34. The molecule has 1 fully saturated rings. The lowest BCUT2D eigenvalue weighted by Crippen LogP contribution is -2.45. The standard InChI is InChI=1S/C16H23N5O2/c1-11(2)14-10-13(19-23-14)15(22)18-12-4-7-21(8-5-12)16-17-6-9-20(16)3/h6,9-12H,4-5,7-8H2,1-3H3,(H,18,22). The molecular weight excluding hydrogens is 294 g/mol. The normalized spacial score (nSPS) is 16.1. The number of carbonyl (C=O) groups is 1. The quantitative estimate of drug-likeness (QED) is 0.932. The van der Waals surface area contributed by atoms with E-state index in [2.05, 4.69) is 20.4 Å². The highest BCUT2D eigenvalue weighted by molar-refractivity contribution is 5.92. The van der Waals surface area contributed by atoms with Crippen LogP contribution in [0.25, 0.3) is 0 Å². The zero-order valence-electron chi connectivity index (χ0n) is 13.8. The van der Waals surface area contributed by atoms with E-state index in [-0.39, 0.29) is 17.9 Å². The summed E-state index contributed by atoms with van der Waals surface area (Å²) >= 11 is 0. The molecule has 0 atom stereocenters. The van der Waals surface area contributed by atoms with Crippen LogP contribution in [0.3, 0.4) is 0 Å². The molecule has 3 rings (SSSR count). The highest BCUT2D eigenvalue weighted by Gasteiger charge is 2.24. The van der Waals surface area contributed by atoms with Gasteiger partial charge in [0.05, 0.1) is 0 Å². The van der Waals surface area contributed by atoms with Crippen molar-refractivity contribution in [3.63, 3.8) is 0 Å². The Morgan fingerprint density at radius 1 is 1.39 bits per heavy atom. The predicted molar refractivity (Wildman–Crippen MR) is 86.5 cm³/mol. The van der Waals surface area contributed by atoms with Gasteiger partial charge in [-0.15, -0.1) is 0 Å². The van der Waals surface area contributed by atoms with Crippen molar-refractivity contribution in [1.82, 2.24) is 20.0 Å². The number of aryl methyl sites for hydroxylation is 1. The van der Waals surface area contributed by atoms with E-state index < -0.39 is 0 Å². The molecule has 1 amide bonds. The van der Waals surface area contributed by atoms with Crippen molar-refractivity contribution in [2.45, 2.75) is 38.6 Å². The number of piperidine rings is 1.